The summed E-state index contributed by atoms with van der Waals surface area (Å²) >= 11 is 4.58. The van der Waals surface area contributed by atoms with Gasteiger partial charge < -0.3 is 10.2 Å². The van der Waals surface area contributed by atoms with Crippen molar-refractivity contribution >= 4 is 50.7 Å². The van der Waals surface area contributed by atoms with E-state index in [2.05, 4.69) is 32.1 Å². The van der Waals surface area contributed by atoms with E-state index in [-0.39, 0.29) is 19.0 Å². The number of halogens is 1. The van der Waals surface area contributed by atoms with Gasteiger partial charge in [-0.2, -0.15) is 0 Å². The van der Waals surface area contributed by atoms with Crippen molar-refractivity contribution < 1.29 is 14.4 Å². The second kappa shape index (κ2) is 9.35. The van der Waals surface area contributed by atoms with Gasteiger partial charge in [-0.15, -0.1) is 11.3 Å². The number of hydrazine groups is 1. The number of rotatable bonds is 6. The molecule has 138 valence electrons. The zero-order valence-corrected chi connectivity index (χ0v) is 16.7. The van der Waals surface area contributed by atoms with Crippen LogP contribution >= 0.6 is 27.3 Å². The van der Waals surface area contributed by atoms with Gasteiger partial charge in [0, 0.05) is 12.7 Å². The lowest BCUT2D eigenvalue weighted by atomic mass is 10.2. The third-order valence-corrected chi connectivity index (χ3v) is 4.97. The maximum Gasteiger partial charge on any atom is 0.264 e. The minimum absolute atomic E-state index is 0.0152. The first-order valence-corrected chi connectivity index (χ1v) is 9.35. The minimum Gasteiger partial charge on any atom is -0.376 e. The molecule has 0 atom stereocenters. The Morgan fingerprint density at radius 1 is 1.04 bits per heavy atom. The van der Waals surface area contributed by atoms with E-state index < -0.39 is 11.8 Å². The number of carbonyl (C=O) groups excluding carboxylic acids is 3. The Morgan fingerprint density at radius 2 is 1.69 bits per heavy atom. The third kappa shape index (κ3) is 6.16. The van der Waals surface area contributed by atoms with Gasteiger partial charge in [-0.25, -0.2) is 0 Å². The van der Waals surface area contributed by atoms with Crippen LogP contribution in [0.2, 0.25) is 0 Å². The molecule has 3 amide bonds. The van der Waals surface area contributed by atoms with Crippen molar-refractivity contribution in [1.82, 2.24) is 15.8 Å². The van der Waals surface area contributed by atoms with E-state index in [4.69, 9.17) is 0 Å². The molecule has 0 aliphatic rings. The zero-order chi connectivity index (χ0) is 19.1. The van der Waals surface area contributed by atoms with Gasteiger partial charge in [0.1, 0.15) is 6.54 Å². The summed E-state index contributed by atoms with van der Waals surface area (Å²) in [5.74, 6) is -1.14. The largest absolute Gasteiger partial charge is 0.376 e. The maximum atomic E-state index is 12.2. The molecule has 1 heterocycles. The van der Waals surface area contributed by atoms with Gasteiger partial charge in [0.25, 0.3) is 17.7 Å². The van der Waals surface area contributed by atoms with Crippen LogP contribution in [0.15, 0.2) is 40.2 Å². The summed E-state index contributed by atoms with van der Waals surface area (Å²) in [6.45, 7) is 1.83. The molecule has 1 aromatic carbocycles. The summed E-state index contributed by atoms with van der Waals surface area (Å²) in [5, 5.41) is 2.95. The molecule has 9 heteroatoms. The Hall–Kier alpha value is -2.39. The highest BCUT2D eigenvalue weighted by atomic mass is 79.9. The number of carbonyl (C=O) groups is 3. The molecule has 0 spiro atoms. The van der Waals surface area contributed by atoms with E-state index >= 15 is 0 Å². The van der Waals surface area contributed by atoms with Gasteiger partial charge in [-0.3, -0.25) is 25.2 Å². The SMILES string of the molecule is Cc1ccc(NCC(=O)NNC(=O)CN(C)C(=O)c2ccc(Br)s2)cc1. The van der Waals surface area contributed by atoms with Crippen LogP contribution in [0.25, 0.3) is 0 Å². The average molecular weight is 439 g/mol. The Labute approximate surface area is 163 Å². The molecule has 1 aromatic heterocycles. The molecule has 2 rings (SSSR count). The molecule has 0 radical (unpaired) electrons. The fraction of sp³-hybridized carbons (Fsp3) is 0.235. The van der Waals surface area contributed by atoms with Crippen LogP contribution in [-0.2, 0) is 9.59 Å². The van der Waals surface area contributed by atoms with Crippen molar-refractivity contribution in [3.05, 3.63) is 50.6 Å². The van der Waals surface area contributed by atoms with E-state index in [9.17, 15) is 14.4 Å². The van der Waals surface area contributed by atoms with Crippen molar-refractivity contribution in [3.8, 4) is 0 Å². The van der Waals surface area contributed by atoms with Gasteiger partial charge in [-0.1, -0.05) is 17.7 Å². The number of anilines is 1. The van der Waals surface area contributed by atoms with Crippen molar-refractivity contribution in [2.75, 3.05) is 25.5 Å². The molecule has 0 saturated heterocycles. The summed E-state index contributed by atoms with van der Waals surface area (Å²) in [6.07, 6.45) is 0. The number of nitrogens with one attached hydrogen (secondary N) is 3. The van der Waals surface area contributed by atoms with Crippen molar-refractivity contribution in [2.45, 2.75) is 6.92 Å². The van der Waals surface area contributed by atoms with Crippen LogP contribution < -0.4 is 16.2 Å². The van der Waals surface area contributed by atoms with Gasteiger partial charge >= 0.3 is 0 Å². The molecule has 3 N–H and O–H groups in total. The summed E-state index contributed by atoms with van der Waals surface area (Å²) in [7, 11) is 1.52. The Kier molecular flexibility index (Phi) is 7.16. The number of amides is 3. The molecule has 2 aromatic rings. The van der Waals surface area contributed by atoms with E-state index in [1.54, 1.807) is 12.1 Å². The number of benzene rings is 1. The van der Waals surface area contributed by atoms with Crippen LogP contribution in [0.1, 0.15) is 15.2 Å². The monoisotopic (exact) mass is 438 g/mol. The first kappa shape index (κ1) is 19.9. The van der Waals surface area contributed by atoms with Crippen LogP contribution in [0, 0.1) is 6.92 Å². The second-order valence-corrected chi connectivity index (χ2v) is 8.04. The maximum absolute atomic E-state index is 12.2. The summed E-state index contributed by atoms with van der Waals surface area (Å²) < 4.78 is 0.840. The van der Waals surface area contributed by atoms with Crippen LogP contribution in [0.3, 0.4) is 0 Å². The number of hydrogen-bond donors (Lipinski definition) is 3. The molecule has 0 unspecified atom stereocenters. The first-order valence-electron chi connectivity index (χ1n) is 7.74. The molecule has 0 saturated carbocycles. The highest BCUT2D eigenvalue weighted by Gasteiger charge is 2.16. The van der Waals surface area contributed by atoms with Crippen LogP contribution in [-0.4, -0.2) is 42.8 Å². The van der Waals surface area contributed by atoms with E-state index in [1.165, 1.54) is 23.3 Å². The Balaban J connectivity index is 1.71. The normalized spacial score (nSPS) is 10.1. The number of aryl methyl sites for hydroxylation is 1. The molecule has 0 aliphatic heterocycles. The molecule has 26 heavy (non-hydrogen) atoms. The van der Waals surface area contributed by atoms with Gasteiger partial charge in [0.05, 0.1) is 15.2 Å². The molecule has 7 nitrogen and oxygen atoms in total. The predicted molar refractivity (Wildman–Crippen MR) is 105 cm³/mol. The highest BCUT2D eigenvalue weighted by Crippen LogP contribution is 2.22. The number of hydrogen-bond acceptors (Lipinski definition) is 5. The fourth-order valence-electron chi connectivity index (χ4n) is 1.98. The molecule has 0 fully saturated rings. The molecular formula is C17H19BrN4O3S. The lowest BCUT2D eigenvalue weighted by Crippen LogP contribution is -2.48. The topological polar surface area (TPSA) is 90.5 Å². The summed E-state index contributed by atoms with van der Waals surface area (Å²) in [4.78, 5) is 37.6. The predicted octanol–water partition coefficient (Wildman–Crippen LogP) is 2.15. The lowest BCUT2D eigenvalue weighted by Gasteiger charge is -2.16. The van der Waals surface area contributed by atoms with E-state index in [1.807, 2.05) is 31.2 Å². The number of likely N-dealkylation sites (N-methyl/N-ethyl adjacent to an activating group) is 1. The quantitative estimate of drug-likeness (QED) is 0.602. The van der Waals surface area contributed by atoms with Crippen molar-refractivity contribution in [2.24, 2.45) is 0 Å². The average Bonchev–Trinajstić information content (AvgIpc) is 3.05. The van der Waals surface area contributed by atoms with E-state index in [0.29, 0.717) is 4.88 Å². The minimum atomic E-state index is -0.486. The Bertz CT molecular complexity index is 792. The van der Waals surface area contributed by atoms with Crippen molar-refractivity contribution in [1.29, 1.82) is 0 Å². The zero-order valence-electron chi connectivity index (χ0n) is 14.3. The van der Waals surface area contributed by atoms with Crippen LogP contribution in [0.5, 0.6) is 0 Å². The van der Waals surface area contributed by atoms with Crippen molar-refractivity contribution in [3.63, 3.8) is 0 Å². The van der Waals surface area contributed by atoms with Gasteiger partial charge in [0.15, 0.2) is 0 Å². The summed E-state index contributed by atoms with van der Waals surface area (Å²) in [6, 6.07) is 11.1. The standard InChI is InChI=1S/C17H19BrN4O3S/c1-11-3-5-12(6-4-11)19-9-15(23)20-21-16(24)10-22(2)17(25)13-7-8-14(18)26-13/h3-8,19H,9-10H2,1-2H3,(H,20,23)(H,21,24). The van der Waals surface area contributed by atoms with Crippen LogP contribution in [0.4, 0.5) is 5.69 Å². The smallest absolute Gasteiger partial charge is 0.264 e. The highest BCUT2D eigenvalue weighted by molar-refractivity contribution is 9.11. The molecule has 0 aliphatic carbocycles. The fourth-order valence-corrected chi connectivity index (χ4v) is 3.36. The number of thiophene rings is 1. The molecule has 0 bridgehead atoms. The number of nitrogens with zero attached hydrogens (tertiary/aromatic N) is 1. The molecular weight excluding hydrogens is 420 g/mol. The summed E-state index contributed by atoms with van der Waals surface area (Å²) in [5.41, 5.74) is 6.54. The van der Waals surface area contributed by atoms with Gasteiger partial charge in [0.2, 0.25) is 0 Å². The second-order valence-electron chi connectivity index (χ2n) is 5.58. The third-order valence-electron chi connectivity index (χ3n) is 3.36. The Morgan fingerprint density at radius 3 is 2.31 bits per heavy atom. The lowest BCUT2D eigenvalue weighted by molar-refractivity contribution is -0.128. The first-order chi connectivity index (χ1) is 12.3. The van der Waals surface area contributed by atoms with E-state index in [0.717, 1.165) is 15.0 Å². The van der Waals surface area contributed by atoms with Gasteiger partial charge in [-0.05, 0) is 47.1 Å².